The molecule has 0 spiro atoms. The number of carboxylic acids is 1. The molecule has 2 rings (SSSR count). The number of thioether (sulfide) groups is 1. The largest absolute Gasteiger partial charge is 0.481 e. The first-order valence-electron chi connectivity index (χ1n) is 6.34. The third kappa shape index (κ3) is 3.03. The third-order valence-electron chi connectivity index (χ3n) is 3.18. The first kappa shape index (κ1) is 14.6. The molecule has 0 aliphatic carbocycles. The summed E-state index contributed by atoms with van der Waals surface area (Å²) in [6.45, 7) is 3.23. The molecular formula is C11H17N5O3S. The number of aliphatic carboxylic acids is 1. The maximum absolute atomic E-state index is 12.4. The second-order valence-electron chi connectivity index (χ2n) is 4.60. The van der Waals surface area contributed by atoms with Gasteiger partial charge in [-0.25, -0.2) is 0 Å². The van der Waals surface area contributed by atoms with E-state index in [0.717, 1.165) is 37.7 Å². The van der Waals surface area contributed by atoms with E-state index in [1.165, 1.54) is 4.57 Å². The molecule has 0 bridgehead atoms. The van der Waals surface area contributed by atoms with Gasteiger partial charge in [-0.2, -0.15) is 0 Å². The number of carbonyl (C=O) groups excluding carboxylic acids is 1. The number of carbonyl (C=O) groups is 2. The molecule has 20 heavy (non-hydrogen) atoms. The van der Waals surface area contributed by atoms with E-state index in [4.69, 9.17) is 10.8 Å². The lowest BCUT2D eigenvalue weighted by Gasteiger charge is -2.22. The quantitative estimate of drug-likeness (QED) is 0.747. The molecule has 1 aliphatic heterocycles. The lowest BCUT2D eigenvalue weighted by atomic mass is 10.3. The standard InChI is InChI=1S/C11H17N5O3S/c1-7(9(19)15-4-2-3-5-15)16-10(12)13-14-11(16)20-6-8(17)18/h7H,2-6H2,1H3,(H2,12,13)(H,17,18). The van der Waals surface area contributed by atoms with Gasteiger partial charge >= 0.3 is 5.97 Å². The normalized spacial score (nSPS) is 16.4. The highest BCUT2D eigenvalue weighted by Gasteiger charge is 2.28. The van der Waals surface area contributed by atoms with Crippen molar-refractivity contribution in [1.82, 2.24) is 19.7 Å². The second-order valence-corrected chi connectivity index (χ2v) is 5.54. The highest BCUT2D eigenvalue weighted by Crippen LogP contribution is 2.25. The summed E-state index contributed by atoms with van der Waals surface area (Å²) in [4.78, 5) is 24.8. The van der Waals surface area contributed by atoms with E-state index in [2.05, 4.69) is 10.2 Å². The number of aromatic nitrogens is 3. The minimum atomic E-state index is -0.957. The fourth-order valence-corrected chi connectivity index (χ4v) is 2.93. The zero-order valence-corrected chi connectivity index (χ0v) is 12.0. The van der Waals surface area contributed by atoms with Crippen molar-refractivity contribution in [2.75, 3.05) is 24.6 Å². The number of amides is 1. The molecule has 3 N–H and O–H groups in total. The first-order chi connectivity index (χ1) is 9.50. The lowest BCUT2D eigenvalue weighted by Crippen LogP contribution is -2.34. The molecule has 1 aromatic heterocycles. The molecule has 1 amide bonds. The van der Waals surface area contributed by atoms with Gasteiger partial charge in [-0.15, -0.1) is 10.2 Å². The van der Waals surface area contributed by atoms with Gasteiger partial charge in [0, 0.05) is 13.1 Å². The Morgan fingerprint density at radius 3 is 2.65 bits per heavy atom. The summed E-state index contributed by atoms with van der Waals surface area (Å²) in [5, 5.41) is 16.6. The van der Waals surface area contributed by atoms with Gasteiger partial charge in [-0.3, -0.25) is 14.2 Å². The summed E-state index contributed by atoms with van der Waals surface area (Å²) in [5.74, 6) is -1.02. The Kier molecular flexibility index (Phi) is 4.48. The predicted octanol–water partition coefficient (Wildman–Crippen LogP) is 0.220. The van der Waals surface area contributed by atoms with Crippen LogP contribution in [0.2, 0.25) is 0 Å². The number of hydrogen-bond acceptors (Lipinski definition) is 6. The first-order valence-corrected chi connectivity index (χ1v) is 7.33. The Morgan fingerprint density at radius 1 is 1.40 bits per heavy atom. The van der Waals surface area contributed by atoms with Crippen LogP contribution in [0.3, 0.4) is 0 Å². The number of hydrogen-bond donors (Lipinski definition) is 2. The van der Waals surface area contributed by atoms with Crippen LogP contribution in [0.15, 0.2) is 5.16 Å². The van der Waals surface area contributed by atoms with Crippen molar-refractivity contribution in [2.24, 2.45) is 0 Å². The minimum absolute atomic E-state index is 0.0359. The zero-order chi connectivity index (χ0) is 14.7. The van der Waals surface area contributed by atoms with Crippen molar-refractivity contribution in [3.8, 4) is 0 Å². The Bertz CT molecular complexity index is 512. The topological polar surface area (TPSA) is 114 Å². The van der Waals surface area contributed by atoms with E-state index in [0.29, 0.717) is 5.16 Å². The molecule has 9 heteroatoms. The summed E-state index contributed by atoms with van der Waals surface area (Å²) < 4.78 is 1.49. The molecule has 1 atom stereocenters. The maximum Gasteiger partial charge on any atom is 0.313 e. The number of rotatable bonds is 5. The Hall–Kier alpha value is -1.77. The highest BCUT2D eigenvalue weighted by molar-refractivity contribution is 7.99. The number of nitrogens with two attached hydrogens (primary N) is 1. The van der Waals surface area contributed by atoms with Crippen LogP contribution in [0, 0.1) is 0 Å². The van der Waals surface area contributed by atoms with Crippen LogP contribution >= 0.6 is 11.8 Å². The van der Waals surface area contributed by atoms with E-state index >= 15 is 0 Å². The van der Waals surface area contributed by atoms with Crippen molar-refractivity contribution < 1.29 is 14.7 Å². The van der Waals surface area contributed by atoms with Gasteiger partial charge in [0.05, 0.1) is 5.75 Å². The van der Waals surface area contributed by atoms with Crippen molar-refractivity contribution in [1.29, 1.82) is 0 Å². The van der Waals surface area contributed by atoms with Crippen molar-refractivity contribution >= 4 is 29.6 Å². The zero-order valence-electron chi connectivity index (χ0n) is 11.2. The predicted molar refractivity (Wildman–Crippen MR) is 73.3 cm³/mol. The molecule has 1 aromatic rings. The van der Waals surface area contributed by atoms with Crippen molar-refractivity contribution in [3.05, 3.63) is 0 Å². The van der Waals surface area contributed by atoms with Crippen molar-refractivity contribution in [3.63, 3.8) is 0 Å². The van der Waals surface area contributed by atoms with Gasteiger partial charge in [0.2, 0.25) is 11.9 Å². The minimum Gasteiger partial charge on any atom is -0.481 e. The van der Waals surface area contributed by atoms with Crippen LogP contribution in [0.25, 0.3) is 0 Å². The Labute approximate surface area is 120 Å². The SMILES string of the molecule is CC(C(=O)N1CCCC1)n1c(N)nnc1SCC(=O)O. The van der Waals surface area contributed by atoms with Gasteiger partial charge in [-0.1, -0.05) is 11.8 Å². The van der Waals surface area contributed by atoms with Crippen LogP contribution in [-0.4, -0.2) is 55.5 Å². The maximum atomic E-state index is 12.4. The molecule has 0 aromatic carbocycles. The van der Waals surface area contributed by atoms with E-state index in [-0.39, 0.29) is 17.6 Å². The molecule has 2 heterocycles. The summed E-state index contributed by atoms with van der Waals surface area (Å²) in [6, 6.07) is -0.528. The molecule has 1 fully saturated rings. The van der Waals surface area contributed by atoms with Crippen LogP contribution in [0.5, 0.6) is 0 Å². The second kappa shape index (κ2) is 6.12. The fraction of sp³-hybridized carbons (Fsp3) is 0.636. The smallest absolute Gasteiger partial charge is 0.313 e. The fourth-order valence-electron chi connectivity index (χ4n) is 2.19. The average molecular weight is 299 g/mol. The van der Waals surface area contributed by atoms with Gasteiger partial charge in [0.1, 0.15) is 6.04 Å². The summed E-state index contributed by atoms with van der Waals surface area (Å²) in [5.41, 5.74) is 5.74. The Morgan fingerprint density at radius 2 is 2.05 bits per heavy atom. The summed E-state index contributed by atoms with van der Waals surface area (Å²) in [6.07, 6.45) is 2.02. The van der Waals surface area contributed by atoms with Gasteiger partial charge in [0.25, 0.3) is 0 Å². The van der Waals surface area contributed by atoms with Crippen LogP contribution in [-0.2, 0) is 9.59 Å². The van der Waals surface area contributed by atoms with E-state index in [1.54, 1.807) is 11.8 Å². The molecular weight excluding hydrogens is 282 g/mol. The molecule has 0 saturated carbocycles. The van der Waals surface area contributed by atoms with Gasteiger partial charge < -0.3 is 15.7 Å². The van der Waals surface area contributed by atoms with Gasteiger partial charge in [-0.05, 0) is 19.8 Å². The average Bonchev–Trinajstić information content (AvgIpc) is 3.04. The summed E-state index contributed by atoms with van der Waals surface area (Å²) >= 11 is 1.00. The lowest BCUT2D eigenvalue weighted by molar-refractivity contribution is -0.134. The molecule has 1 saturated heterocycles. The molecule has 8 nitrogen and oxygen atoms in total. The molecule has 0 radical (unpaired) electrons. The molecule has 1 unspecified atom stereocenters. The van der Waals surface area contributed by atoms with Gasteiger partial charge in [0.15, 0.2) is 5.16 Å². The molecule has 1 aliphatic rings. The van der Waals surface area contributed by atoms with Crippen LogP contribution < -0.4 is 5.73 Å². The summed E-state index contributed by atoms with van der Waals surface area (Å²) in [7, 11) is 0. The van der Waals surface area contributed by atoms with Crippen molar-refractivity contribution in [2.45, 2.75) is 31.0 Å². The monoisotopic (exact) mass is 299 g/mol. The number of nitrogen functional groups attached to an aromatic ring is 1. The number of carboxylic acid groups (broad SMARTS) is 1. The van der Waals surface area contributed by atoms with E-state index < -0.39 is 12.0 Å². The van der Waals surface area contributed by atoms with E-state index in [1.807, 2.05) is 0 Å². The van der Waals surface area contributed by atoms with Crippen LogP contribution in [0.1, 0.15) is 25.8 Å². The number of likely N-dealkylation sites (tertiary alicyclic amines) is 1. The number of nitrogens with zero attached hydrogens (tertiary/aromatic N) is 4. The van der Waals surface area contributed by atoms with Crippen LogP contribution in [0.4, 0.5) is 5.95 Å². The number of anilines is 1. The highest BCUT2D eigenvalue weighted by atomic mass is 32.2. The van der Waals surface area contributed by atoms with E-state index in [9.17, 15) is 9.59 Å². The third-order valence-corrected chi connectivity index (χ3v) is 4.11. The Balaban J connectivity index is 2.15. The molecule has 110 valence electrons.